The third kappa shape index (κ3) is 2.60. The number of hydrogen-bond donors (Lipinski definition) is 1. The average molecular weight is 346 g/mol. The first kappa shape index (κ1) is 13.7. The second-order valence-corrected chi connectivity index (χ2v) is 6.93. The minimum Gasteiger partial charge on any atom is -0.377 e. The first-order valence-corrected chi connectivity index (χ1v) is 8.26. The van der Waals surface area contributed by atoms with Gasteiger partial charge < -0.3 is 5.32 Å². The number of benzene rings is 2. The van der Waals surface area contributed by atoms with E-state index in [9.17, 15) is 0 Å². The Morgan fingerprint density at radius 2 is 1.90 bits per heavy atom. The SMILES string of the molecule is Cc1c(Br)cccc1NC(C)c1cc2ccccc2s1. The van der Waals surface area contributed by atoms with E-state index in [4.69, 9.17) is 0 Å². The van der Waals surface area contributed by atoms with Gasteiger partial charge in [-0.25, -0.2) is 0 Å². The largest absolute Gasteiger partial charge is 0.377 e. The van der Waals surface area contributed by atoms with Crippen LogP contribution in [0.3, 0.4) is 0 Å². The predicted molar refractivity (Wildman–Crippen MR) is 92.7 cm³/mol. The smallest absolute Gasteiger partial charge is 0.0579 e. The van der Waals surface area contributed by atoms with Crippen molar-refractivity contribution in [3.8, 4) is 0 Å². The highest BCUT2D eigenvalue weighted by atomic mass is 79.9. The zero-order valence-corrected chi connectivity index (χ0v) is 13.9. The monoisotopic (exact) mass is 345 g/mol. The van der Waals surface area contributed by atoms with Crippen LogP contribution < -0.4 is 5.32 Å². The molecule has 1 N–H and O–H groups in total. The molecule has 0 bridgehead atoms. The van der Waals surface area contributed by atoms with E-state index < -0.39 is 0 Å². The van der Waals surface area contributed by atoms with Gasteiger partial charge in [0.25, 0.3) is 0 Å². The summed E-state index contributed by atoms with van der Waals surface area (Å²) in [4.78, 5) is 1.37. The lowest BCUT2D eigenvalue weighted by Gasteiger charge is -2.16. The summed E-state index contributed by atoms with van der Waals surface area (Å²) in [6.45, 7) is 4.34. The van der Waals surface area contributed by atoms with Crippen molar-refractivity contribution in [3.63, 3.8) is 0 Å². The molecule has 0 aliphatic rings. The Labute approximate surface area is 131 Å². The van der Waals surface area contributed by atoms with Crippen molar-refractivity contribution in [2.24, 2.45) is 0 Å². The molecule has 3 rings (SSSR count). The van der Waals surface area contributed by atoms with E-state index in [1.54, 1.807) is 0 Å². The first-order valence-electron chi connectivity index (χ1n) is 6.65. The fourth-order valence-corrected chi connectivity index (χ4v) is 3.72. The molecular weight excluding hydrogens is 330 g/mol. The number of fused-ring (bicyclic) bond motifs is 1. The van der Waals surface area contributed by atoms with Gasteiger partial charge >= 0.3 is 0 Å². The summed E-state index contributed by atoms with van der Waals surface area (Å²) in [5.41, 5.74) is 2.43. The fraction of sp³-hybridized carbons (Fsp3) is 0.176. The summed E-state index contributed by atoms with van der Waals surface area (Å²) >= 11 is 5.44. The molecule has 0 radical (unpaired) electrons. The molecule has 20 heavy (non-hydrogen) atoms. The van der Waals surface area contributed by atoms with Crippen LogP contribution in [0.25, 0.3) is 10.1 Å². The lowest BCUT2D eigenvalue weighted by atomic mass is 10.1. The van der Waals surface area contributed by atoms with Crippen molar-refractivity contribution in [2.45, 2.75) is 19.9 Å². The third-order valence-corrected chi connectivity index (χ3v) is 5.67. The zero-order valence-electron chi connectivity index (χ0n) is 11.5. The number of anilines is 1. The van der Waals surface area contributed by atoms with Gasteiger partial charge in [0.05, 0.1) is 6.04 Å². The molecule has 0 saturated heterocycles. The molecule has 1 nitrogen and oxygen atoms in total. The van der Waals surface area contributed by atoms with Crippen LogP contribution in [0.4, 0.5) is 5.69 Å². The molecule has 0 fully saturated rings. The Hall–Kier alpha value is -1.32. The number of nitrogens with one attached hydrogen (secondary N) is 1. The van der Waals surface area contributed by atoms with E-state index in [-0.39, 0.29) is 0 Å². The van der Waals surface area contributed by atoms with Gasteiger partial charge in [-0.2, -0.15) is 0 Å². The van der Waals surface area contributed by atoms with Crippen LogP contribution in [-0.2, 0) is 0 Å². The van der Waals surface area contributed by atoms with Crippen molar-refractivity contribution in [1.82, 2.24) is 0 Å². The van der Waals surface area contributed by atoms with Gasteiger partial charge in [-0.15, -0.1) is 11.3 Å². The average Bonchev–Trinajstić information content (AvgIpc) is 2.88. The fourth-order valence-electron chi connectivity index (χ4n) is 2.28. The van der Waals surface area contributed by atoms with E-state index >= 15 is 0 Å². The molecule has 3 aromatic rings. The highest BCUT2D eigenvalue weighted by Gasteiger charge is 2.11. The first-order chi connectivity index (χ1) is 9.65. The summed E-state index contributed by atoms with van der Waals surface area (Å²) in [6.07, 6.45) is 0. The van der Waals surface area contributed by atoms with Crippen molar-refractivity contribution >= 4 is 43.0 Å². The number of hydrogen-bond acceptors (Lipinski definition) is 2. The van der Waals surface area contributed by atoms with Gasteiger partial charge in [-0.1, -0.05) is 40.2 Å². The minimum atomic E-state index is 0.306. The Balaban J connectivity index is 1.89. The number of halogens is 1. The highest BCUT2D eigenvalue weighted by molar-refractivity contribution is 9.10. The van der Waals surface area contributed by atoms with E-state index in [1.807, 2.05) is 11.3 Å². The molecule has 1 heterocycles. The van der Waals surface area contributed by atoms with Gasteiger partial charge in [-0.05, 0) is 49.1 Å². The molecule has 3 heteroatoms. The lowest BCUT2D eigenvalue weighted by Crippen LogP contribution is -2.06. The highest BCUT2D eigenvalue weighted by Crippen LogP contribution is 2.33. The summed E-state index contributed by atoms with van der Waals surface area (Å²) < 4.78 is 2.49. The van der Waals surface area contributed by atoms with Crippen LogP contribution >= 0.6 is 27.3 Å². The second kappa shape index (κ2) is 5.58. The molecule has 0 amide bonds. The molecular formula is C17H16BrNS. The predicted octanol–water partition coefficient (Wildman–Crippen LogP) is 6.15. The van der Waals surface area contributed by atoms with Crippen LogP contribution in [0.5, 0.6) is 0 Å². The van der Waals surface area contributed by atoms with Gasteiger partial charge in [0.15, 0.2) is 0 Å². The maximum absolute atomic E-state index is 3.61. The summed E-state index contributed by atoms with van der Waals surface area (Å²) in [6, 6.07) is 17.4. The Kier molecular flexibility index (Phi) is 3.81. The van der Waals surface area contributed by atoms with Crippen molar-refractivity contribution < 1.29 is 0 Å². The van der Waals surface area contributed by atoms with Gasteiger partial charge in [0.1, 0.15) is 0 Å². The Morgan fingerprint density at radius 1 is 1.10 bits per heavy atom. The van der Waals surface area contributed by atoms with E-state index in [0.29, 0.717) is 6.04 Å². The molecule has 0 spiro atoms. The number of thiophene rings is 1. The quantitative estimate of drug-likeness (QED) is 0.600. The molecule has 102 valence electrons. The van der Waals surface area contributed by atoms with E-state index in [2.05, 4.69) is 83.6 Å². The maximum atomic E-state index is 3.61. The summed E-state index contributed by atoms with van der Waals surface area (Å²) in [7, 11) is 0. The van der Waals surface area contributed by atoms with Crippen molar-refractivity contribution in [2.75, 3.05) is 5.32 Å². The topological polar surface area (TPSA) is 12.0 Å². The van der Waals surface area contributed by atoms with Crippen LogP contribution in [-0.4, -0.2) is 0 Å². The maximum Gasteiger partial charge on any atom is 0.0579 e. The lowest BCUT2D eigenvalue weighted by molar-refractivity contribution is 0.906. The standard InChI is InChI=1S/C17H16BrNS/c1-11-14(18)7-5-8-15(11)19-12(2)17-10-13-6-3-4-9-16(13)20-17/h3-10,12,19H,1-2H3. The molecule has 1 aromatic heterocycles. The van der Waals surface area contributed by atoms with E-state index in [0.717, 1.165) is 4.47 Å². The van der Waals surface area contributed by atoms with Crippen molar-refractivity contribution in [3.05, 3.63) is 63.4 Å². The minimum absolute atomic E-state index is 0.306. The third-order valence-electron chi connectivity index (χ3n) is 3.51. The van der Waals surface area contributed by atoms with Gasteiger partial charge in [0, 0.05) is 19.7 Å². The molecule has 1 unspecified atom stereocenters. The van der Waals surface area contributed by atoms with Crippen LogP contribution in [0.1, 0.15) is 23.4 Å². The Morgan fingerprint density at radius 3 is 2.70 bits per heavy atom. The van der Waals surface area contributed by atoms with E-state index in [1.165, 1.54) is 26.2 Å². The Bertz CT molecular complexity index is 715. The molecule has 0 saturated carbocycles. The molecule has 0 aliphatic heterocycles. The summed E-state index contributed by atoms with van der Waals surface area (Å²) in [5, 5.41) is 4.93. The van der Waals surface area contributed by atoms with Crippen molar-refractivity contribution in [1.29, 1.82) is 0 Å². The number of rotatable bonds is 3. The van der Waals surface area contributed by atoms with Crippen LogP contribution in [0.2, 0.25) is 0 Å². The van der Waals surface area contributed by atoms with Crippen LogP contribution in [0, 0.1) is 6.92 Å². The molecule has 2 aromatic carbocycles. The molecule has 1 atom stereocenters. The molecule has 0 aliphatic carbocycles. The normalized spacial score (nSPS) is 12.6. The van der Waals surface area contributed by atoms with Gasteiger partial charge in [0.2, 0.25) is 0 Å². The summed E-state index contributed by atoms with van der Waals surface area (Å²) in [5.74, 6) is 0. The van der Waals surface area contributed by atoms with Gasteiger partial charge in [-0.3, -0.25) is 0 Å². The van der Waals surface area contributed by atoms with Crippen LogP contribution in [0.15, 0.2) is 53.0 Å². The zero-order chi connectivity index (χ0) is 14.1. The second-order valence-electron chi connectivity index (χ2n) is 4.97.